The number of aliphatic hydroxyl groups is 1. The molecule has 102 valence electrons. The van der Waals surface area contributed by atoms with Crippen LogP contribution in [0, 0.1) is 0 Å². The first kappa shape index (κ1) is 13.4. The summed E-state index contributed by atoms with van der Waals surface area (Å²) in [6.45, 7) is 2.24. The molecule has 2 N–H and O–H groups in total. The molecule has 0 amide bonds. The molecule has 2 aromatic rings. The van der Waals surface area contributed by atoms with E-state index >= 15 is 0 Å². The highest BCUT2D eigenvalue weighted by Gasteiger charge is 2.07. The molecule has 1 unspecified atom stereocenters. The molecule has 7 heteroatoms. The molecule has 0 spiro atoms. The van der Waals surface area contributed by atoms with Gasteiger partial charge in [-0.05, 0) is 26.2 Å². The zero-order valence-electron chi connectivity index (χ0n) is 10.7. The normalized spacial score (nSPS) is 12.5. The Morgan fingerprint density at radius 2 is 2.05 bits per heavy atom. The van der Waals surface area contributed by atoms with Crippen LogP contribution in [0.15, 0.2) is 17.2 Å². The van der Waals surface area contributed by atoms with Crippen molar-refractivity contribution >= 4 is 10.8 Å². The molecule has 1 atom stereocenters. The van der Waals surface area contributed by atoms with Crippen molar-refractivity contribution in [2.45, 2.75) is 32.3 Å². The minimum atomic E-state index is -0.314. The number of nitrogens with zero attached hydrogens (tertiary/aromatic N) is 3. The van der Waals surface area contributed by atoms with Gasteiger partial charge < -0.3 is 9.84 Å². The lowest BCUT2D eigenvalue weighted by atomic mass is 10.2. The van der Waals surface area contributed by atoms with E-state index in [1.54, 1.807) is 6.92 Å². The summed E-state index contributed by atoms with van der Waals surface area (Å²) in [7, 11) is 0. The predicted molar refractivity (Wildman–Crippen MR) is 69.0 cm³/mol. The van der Waals surface area contributed by atoms with Crippen LogP contribution in [-0.4, -0.2) is 38.2 Å². The van der Waals surface area contributed by atoms with Gasteiger partial charge in [-0.2, -0.15) is 10.2 Å². The van der Waals surface area contributed by atoms with Crippen LogP contribution in [-0.2, 0) is 0 Å². The van der Waals surface area contributed by atoms with Crippen molar-refractivity contribution in [3.05, 3.63) is 22.7 Å². The second-order valence-corrected chi connectivity index (χ2v) is 4.37. The van der Waals surface area contributed by atoms with Gasteiger partial charge in [0.15, 0.2) is 0 Å². The highest BCUT2D eigenvalue weighted by Crippen LogP contribution is 2.17. The number of rotatable bonds is 6. The van der Waals surface area contributed by atoms with E-state index in [0.717, 1.165) is 19.3 Å². The van der Waals surface area contributed by atoms with Crippen molar-refractivity contribution in [3.8, 4) is 5.88 Å². The summed E-state index contributed by atoms with van der Waals surface area (Å²) in [6.07, 6.45) is 4.99. The lowest BCUT2D eigenvalue weighted by Crippen LogP contribution is -2.11. The lowest BCUT2D eigenvalue weighted by Gasteiger charge is -2.07. The van der Waals surface area contributed by atoms with Crippen molar-refractivity contribution in [2.24, 2.45) is 0 Å². The van der Waals surface area contributed by atoms with Gasteiger partial charge in [0.2, 0.25) is 5.88 Å². The summed E-state index contributed by atoms with van der Waals surface area (Å²) >= 11 is 0. The van der Waals surface area contributed by atoms with Crippen molar-refractivity contribution in [1.29, 1.82) is 0 Å². The fraction of sp³-hybridized carbons (Fsp3) is 0.500. The van der Waals surface area contributed by atoms with E-state index in [2.05, 4.69) is 20.4 Å². The van der Waals surface area contributed by atoms with Gasteiger partial charge in [-0.15, -0.1) is 5.10 Å². The van der Waals surface area contributed by atoms with Crippen molar-refractivity contribution in [2.75, 3.05) is 6.61 Å². The molecule has 0 aromatic carbocycles. The fourth-order valence-corrected chi connectivity index (χ4v) is 1.72. The lowest BCUT2D eigenvalue weighted by molar-refractivity contribution is 0.176. The number of ether oxygens (including phenoxy) is 1. The number of hydrogen-bond acceptors (Lipinski definition) is 6. The highest BCUT2D eigenvalue weighted by molar-refractivity contribution is 5.83. The first-order valence-electron chi connectivity index (χ1n) is 6.18. The third kappa shape index (κ3) is 3.47. The summed E-state index contributed by atoms with van der Waals surface area (Å²) in [5.74, 6) is 0.349. The summed E-state index contributed by atoms with van der Waals surface area (Å²) < 4.78 is 5.53. The molecule has 0 saturated heterocycles. The average molecular weight is 264 g/mol. The molecular weight excluding hydrogens is 248 g/mol. The Morgan fingerprint density at radius 3 is 2.79 bits per heavy atom. The molecule has 0 aliphatic heterocycles. The van der Waals surface area contributed by atoms with Gasteiger partial charge in [0.05, 0.1) is 35.9 Å². The van der Waals surface area contributed by atoms with Gasteiger partial charge in [-0.3, -0.25) is 4.79 Å². The van der Waals surface area contributed by atoms with Gasteiger partial charge in [-0.25, -0.2) is 5.10 Å². The van der Waals surface area contributed by atoms with Crippen LogP contribution >= 0.6 is 0 Å². The van der Waals surface area contributed by atoms with Gasteiger partial charge in [-0.1, -0.05) is 0 Å². The van der Waals surface area contributed by atoms with Crippen molar-refractivity contribution in [3.63, 3.8) is 0 Å². The quantitative estimate of drug-likeness (QED) is 0.743. The van der Waals surface area contributed by atoms with Crippen molar-refractivity contribution < 1.29 is 9.84 Å². The Hall–Kier alpha value is -2.02. The van der Waals surface area contributed by atoms with E-state index in [0.29, 0.717) is 23.3 Å². The Balaban J connectivity index is 2.01. The Bertz CT molecular complexity index is 597. The number of aromatic nitrogens is 4. The van der Waals surface area contributed by atoms with E-state index in [-0.39, 0.29) is 11.7 Å². The van der Waals surface area contributed by atoms with Crippen LogP contribution in [0.4, 0.5) is 0 Å². The number of hydrogen-bond donors (Lipinski definition) is 2. The summed E-state index contributed by atoms with van der Waals surface area (Å²) in [5, 5.41) is 23.7. The van der Waals surface area contributed by atoms with E-state index in [1.807, 2.05) is 0 Å². The van der Waals surface area contributed by atoms with Crippen LogP contribution in [0.3, 0.4) is 0 Å². The minimum Gasteiger partial charge on any atom is -0.476 e. The van der Waals surface area contributed by atoms with Crippen LogP contribution in [0.1, 0.15) is 26.2 Å². The zero-order chi connectivity index (χ0) is 13.7. The molecular formula is C12H16N4O3. The van der Waals surface area contributed by atoms with Gasteiger partial charge >= 0.3 is 0 Å². The van der Waals surface area contributed by atoms with Crippen LogP contribution in [0.2, 0.25) is 0 Å². The number of aliphatic hydroxyl groups excluding tert-OH is 1. The number of nitrogens with one attached hydrogen (secondary N) is 1. The van der Waals surface area contributed by atoms with Crippen LogP contribution in [0.25, 0.3) is 10.8 Å². The molecule has 0 saturated carbocycles. The molecule has 0 radical (unpaired) electrons. The maximum Gasteiger partial charge on any atom is 0.273 e. The Kier molecular flexibility index (Phi) is 4.40. The molecule has 0 bridgehead atoms. The Labute approximate surface area is 109 Å². The highest BCUT2D eigenvalue weighted by atomic mass is 16.5. The minimum absolute atomic E-state index is 0.290. The smallest absolute Gasteiger partial charge is 0.273 e. The SMILES string of the molecule is CC(O)CCCCOc1n[nH]c(=O)c2cnncc12. The maximum absolute atomic E-state index is 11.5. The predicted octanol–water partition coefficient (Wildman–Crippen LogP) is 0.643. The third-order valence-electron chi connectivity index (χ3n) is 2.72. The number of unbranched alkanes of at least 4 members (excludes halogenated alkanes) is 1. The monoisotopic (exact) mass is 264 g/mol. The van der Waals surface area contributed by atoms with E-state index < -0.39 is 0 Å². The standard InChI is InChI=1S/C12H16N4O3/c1-8(17)4-2-3-5-19-12-10-7-14-13-6-9(10)11(18)15-16-12/h6-8,17H,2-5H2,1H3,(H,15,18). The molecule has 0 aliphatic carbocycles. The third-order valence-corrected chi connectivity index (χ3v) is 2.72. The van der Waals surface area contributed by atoms with Gasteiger partial charge in [0.25, 0.3) is 5.56 Å². The van der Waals surface area contributed by atoms with Crippen molar-refractivity contribution in [1.82, 2.24) is 20.4 Å². The van der Waals surface area contributed by atoms with Gasteiger partial charge in [0, 0.05) is 0 Å². The first-order chi connectivity index (χ1) is 9.18. The largest absolute Gasteiger partial charge is 0.476 e. The topological polar surface area (TPSA) is 101 Å². The first-order valence-corrected chi connectivity index (χ1v) is 6.18. The summed E-state index contributed by atoms with van der Waals surface area (Å²) in [6, 6.07) is 0. The summed E-state index contributed by atoms with van der Waals surface area (Å²) in [4.78, 5) is 11.5. The number of fused-ring (bicyclic) bond motifs is 1. The summed E-state index contributed by atoms with van der Waals surface area (Å²) in [5.41, 5.74) is -0.314. The number of H-pyrrole nitrogens is 1. The van der Waals surface area contributed by atoms with E-state index in [9.17, 15) is 4.79 Å². The number of aromatic amines is 1. The van der Waals surface area contributed by atoms with E-state index in [4.69, 9.17) is 9.84 Å². The molecule has 7 nitrogen and oxygen atoms in total. The van der Waals surface area contributed by atoms with Gasteiger partial charge in [0.1, 0.15) is 0 Å². The Morgan fingerprint density at radius 1 is 1.32 bits per heavy atom. The maximum atomic E-state index is 11.5. The molecule has 19 heavy (non-hydrogen) atoms. The molecule has 2 rings (SSSR count). The fourth-order valence-electron chi connectivity index (χ4n) is 1.72. The van der Waals surface area contributed by atoms with Crippen LogP contribution < -0.4 is 10.3 Å². The molecule has 2 heterocycles. The van der Waals surface area contributed by atoms with E-state index in [1.165, 1.54) is 12.4 Å². The second-order valence-electron chi connectivity index (χ2n) is 4.37. The van der Waals surface area contributed by atoms with Crippen LogP contribution in [0.5, 0.6) is 5.88 Å². The molecule has 2 aromatic heterocycles. The zero-order valence-corrected chi connectivity index (χ0v) is 10.7. The molecule has 0 aliphatic rings. The average Bonchev–Trinajstić information content (AvgIpc) is 2.41. The second kappa shape index (κ2) is 6.24. The molecule has 0 fully saturated rings.